The number of hydrogen-bond donors (Lipinski definition) is 1. The summed E-state index contributed by atoms with van der Waals surface area (Å²) in [6, 6.07) is 14.2. The summed E-state index contributed by atoms with van der Waals surface area (Å²) in [7, 11) is 1.47. The van der Waals surface area contributed by atoms with Crippen molar-refractivity contribution in [3.63, 3.8) is 0 Å². The lowest BCUT2D eigenvalue weighted by atomic mass is 9.86. The molecule has 0 spiro atoms. The van der Waals surface area contributed by atoms with E-state index in [9.17, 15) is 15.2 Å². The number of phenolic OH excluding ortho intramolecular Hbond substituents is 1. The van der Waals surface area contributed by atoms with Crippen LogP contribution in [0.4, 0.5) is 5.69 Å². The minimum atomic E-state index is -0.377. The third-order valence-corrected chi connectivity index (χ3v) is 7.44. The number of benzene rings is 2. The monoisotopic (exact) mass is 499 g/mol. The van der Waals surface area contributed by atoms with Gasteiger partial charge in [-0.2, -0.15) is 5.26 Å². The topological polar surface area (TPSA) is 76.8 Å². The standard InChI is InChI=1S/C23H22BrN3O3S/c1-3-14-4-6-16(7-5-14)26-12-27-21(28)10-17(18(11-25)23(27)31-13-26)15-8-19(24)22(29)20(9-15)30-2/h4-9,17,29H,3,10,12-13H2,1-2H3. The number of carbonyl (C=O) groups excluding carboxylic acids is 1. The van der Waals surface area contributed by atoms with Crippen LogP contribution in [0, 0.1) is 11.3 Å². The first-order chi connectivity index (χ1) is 15.0. The summed E-state index contributed by atoms with van der Waals surface area (Å²) in [5.74, 6) is 0.560. The molecule has 6 nitrogen and oxygen atoms in total. The van der Waals surface area contributed by atoms with Gasteiger partial charge in [-0.1, -0.05) is 30.8 Å². The van der Waals surface area contributed by atoms with Crippen LogP contribution in [-0.2, 0) is 11.2 Å². The van der Waals surface area contributed by atoms with E-state index in [-0.39, 0.29) is 24.0 Å². The third-order valence-electron chi connectivity index (χ3n) is 5.68. The Kier molecular flexibility index (Phi) is 6.17. The van der Waals surface area contributed by atoms with Gasteiger partial charge in [-0.3, -0.25) is 9.69 Å². The normalized spacial score (nSPS) is 18.6. The zero-order chi connectivity index (χ0) is 22.1. The molecule has 0 bridgehead atoms. The number of allylic oxidation sites excluding steroid dienone is 1. The number of thioether (sulfide) groups is 1. The van der Waals surface area contributed by atoms with E-state index in [0.717, 1.165) is 17.7 Å². The highest BCUT2D eigenvalue weighted by molar-refractivity contribution is 9.10. The molecule has 0 aliphatic carbocycles. The molecule has 2 aromatic rings. The van der Waals surface area contributed by atoms with Crippen LogP contribution >= 0.6 is 27.7 Å². The van der Waals surface area contributed by atoms with Gasteiger partial charge in [0.15, 0.2) is 11.5 Å². The number of fused-ring (bicyclic) bond motifs is 1. The summed E-state index contributed by atoms with van der Waals surface area (Å²) in [5, 5.41) is 20.8. The minimum absolute atomic E-state index is 0.00190. The van der Waals surface area contributed by atoms with Crippen molar-refractivity contribution in [3.8, 4) is 17.6 Å². The predicted octanol–water partition coefficient (Wildman–Crippen LogP) is 4.95. The van der Waals surface area contributed by atoms with Gasteiger partial charge in [0.1, 0.15) is 0 Å². The number of halogens is 1. The fourth-order valence-electron chi connectivity index (χ4n) is 3.90. The lowest BCUT2D eigenvalue weighted by molar-refractivity contribution is -0.129. The second-order valence-electron chi connectivity index (χ2n) is 7.44. The van der Waals surface area contributed by atoms with Crippen LogP contribution < -0.4 is 9.64 Å². The SMILES string of the molecule is CCc1ccc(N2CSC3=C(C#N)C(c4cc(Br)c(O)c(OC)c4)CC(=O)N3C2)cc1. The number of phenols is 1. The fourth-order valence-corrected chi connectivity index (χ4v) is 5.53. The van der Waals surface area contributed by atoms with Crippen molar-refractivity contribution >= 4 is 39.3 Å². The predicted molar refractivity (Wildman–Crippen MR) is 125 cm³/mol. The molecule has 2 aromatic carbocycles. The van der Waals surface area contributed by atoms with Crippen molar-refractivity contribution in [2.24, 2.45) is 0 Å². The lowest BCUT2D eigenvalue weighted by Gasteiger charge is -2.42. The van der Waals surface area contributed by atoms with Crippen LogP contribution in [-0.4, -0.2) is 35.6 Å². The Bertz CT molecular complexity index is 1090. The number of nitriles is 1. The van der Waals surface area contributed by atoms with E-state index in [1.165, 1.54) is 24.4 Å². The van der Waals surface area contributed by atoms with E-state index in [4.69, 9.17) is 4.74 Å². The van der Waals surface area contributed by atoms with Gasteiger partial charge in [0.25, 0.3) is 0 Å². The number of carbonyl (C=O) groups is 1. The molecule has 1 saturated heterocycles. The number of nitrogens with zero attached hydrogens (tertiary/aromatic N) is 3. The first-order valence-corrected chi connectivity index (χ1v) is 11.7. The number of rotatable bonds is 4. The zero-order valence-electron chi connectivity index (χ0n) is 17.3. The number of aryl methyl sites for hydroxylation is 1. The Morgan fingerprint density at radius 3 is 2.71 bits per heavy atom. The van der Waals surface area contributed by atoms with E-state index in [1.807, 2.05) is 0 Å². The molecule has 1 unspecified atom stereocenters. The van der Waals surface area contributed by atoms with Gasteiger partial charge < -0.3 is 14.7 Å². The van der Waals surface area contributed by atoms with Crippen molar-refractivity contribution < 1.29 is 14.6 Å². The zero-order valence-corrected chi connectivity index (χ0v) is 19.7. The summed E-state index contributed by atoms with van der Waals surface area (Å²) in [5.41, 5.74) is 3.67. The highest BCUT2D eigenvalue weighted by Crippen LogP contribution is 2.46. The number of ether oxygens (including phenoxy) is 1. The average molecular weight is 500 g/mol. The van der Waals surface area contributed by atoms with Crippen LogP contribution in [0.5, 0.6) is 11.5 Å². The van der Waals surface area contributed by atoms with Crippen LogP contribution in [0.25, 0.3) is 0 Å². The molecule has 2 heterocycles. The highest BCUT2D eigenvalue weighted by atomic mass is 79.9. The van der Waals surface area contributed by atoms with Crippen molar-refractivity contribution in [2.75, 3.05) is 24.6 Å². The second kappa shape index (κ2) is 8.85. The molecule has 4 rings (SSSR count). The smallest absolute Gasteiger partial charge is 0.229 e. The Balaban J connectivity index is 1.66. The summed E-state index contributed by atoms with van der Waals surface area (Å²) in [4.78, 5) is 17.0. The maximum absolute atomic E-state index is 13.1. The summed E-state index contributed by atoms with van der Waals surface area (Å²) in [6.07, 6.45) is 1.17. The maximum atomic E-state index is 13.1. The molecule has 1 amide bonds. The van der Waals surface area contributed by atoms with E-state index in [2.05, 4.69) is 58.1 Å². The molecule has 31 heavy (non-hydrogen) atoms. The van der Waals surface area contributed by atoms with Crippen molar-refractivity contribution in [1.29, 1.82) is 5.26 Å². The van der Waals surface area contributed by atoms with Crippen LogP contribution in [0.15, 0.2) is 51.5 Å². The van der Waals surface area contributed by atoms with Gasteiger partial charge in [-0.25, -0.2) is 0 Å². The van der Waals surface area contributed by atoms with E-state index in [1.54, 1.807) is 17.0 Å². The molecule has 0 radical (unpaired) electrons. The van der Waals surface area contributed by atoms with Gasteiger partial charge in [-0.15, -0.1) is 0 Å². The van der Waals surface area contributed by atoms with Crippen molar-refractivity contribution in [2.45, 2.75) is 25.7 Å². The second-order valence-corrected chi connectivity index (χ2v) is 9.23. The molecule has 1 atom stereocenters. The summed E-state index contributed by atoms with van der Waals surface area (Å²) >= 11 is 4.85. The number of aromatic hydroxyl groups is 1. The average Bonchev–Trinajstić information content (AvgIpc) is 2.80. The van der Waals surface area contributed by atoms with Gasteiger partial charge in [0.2, 0.25) is 5.91 Å². The molecule has 2 aliphatic rings. The minimum Gasteiger partial charge on any atom is -0.503 e. The number of hydrogen-bond acceptors (Lipinski definition) is 6. The largest absolute Gasteiger partial charge is 0.503 e. The van der Waals surface area contributed by atoms with Crippen molar-refractivity contribution in [3.05, 3.63) is 62.6 Å². The van der Waals surface area contributed by atoms with Crippen molar-refractivity contribution in [1.82, 2.24) is 4.90 Å². The Morgan fingerprint density at radius 1 is 1.32 bits per heavy atom. The number of amides is 1. The molecular weight excluding hydrogens is 478 g/mol. The fraction of sp³-hybridized carbons (Fsp3) is 0.304. The summed E-state index contributed by atoms with van der Waals surface area (Å²) < 4.78 is 5.72. The molecular formula is C23H22BrN3O3S. The van der Waals surface area contributed by atoms with Crippen LogP contribution in [0.1, 0.15) is 30.4 Å². The van der Waals surface area contributed by atoms with Crippen LogP contribution in [0.2, 0.25) is 0 Å². The van der Waals surface area contributed by atoms with E-state index >= 15 is 0 Å². The van der Waals surface area contributed by atoms with E-state index in [0.29, 0.717) is 33.4 Å². The Morgan fingerprint density at radius 2 is 2.06 bits per heavy atom. The molecule has 0 aromatic heterocycles. The maximum Gasteiger partial charge on any atom is 0.229 e. The third kappa shape index (κ3) is 4.00. The van der Waals surface area contributed by atoms with Crippen LogP contribution in [0.3, 0.4) is 0 Å². The molecule has 1 N–H and O–H groups in total. The number of methoxy groups -OCH3 is 1. The van der Waals surface area contributed by atoms with Gasteiger partial charge in [0, 0.05) is 18.0 Å². The molecule has 8 heteroatoms. The number of anilines is 1. The molecule has 2 aliphatic heterocycles. The first kappa shape index (κ1) is 21.6. The Labute approximate surface area is 194 Å². The lowest BCUT2D eigenvalue weighted by Crippen LogP contribution is -2.47. The molecule has 1 fully saturated rings. The highest BCUT2D eigenvalue weighted by Gasteiger charge is 2.38. The quantitative estimate of drug-likeness (QED) is 0.641. The summed E-state index contributed by atoms with van der Waals surface area (Å²) in [6.45, 7) is 2.55. The first-order valence-electron chi connectivity index (χ1n) is 9.94. The Hall–Kier alpha value is -2.63. The molecule has 0 saturated carbocycles. The van der Waals surface area contributed by atoms with Gasteiger partial charge in [0.05, 0.1) is 40.8 Å². The van der Waals surface area contributed by atoms with E-state index < -0.39 is 0 Å². The van der Waals surface area contributed by atoms with Gasteiger partial charge >= 0.3 is 0 Å². The molecule has 160 valence electrons. The van der Waals surface area contributed by atoms with Gasteiger partial charge in [-0.05, 0) is 57.7 Å².